The Bertz CT molecular complexity index is 608. The number of hydrogen-bond donors (Lipinski definition) is 1. The Morgan fingerprint density at radius 1 is 1.25 bits per heavy atom. The fraction of sp³-hybridized carbons (Fsp3) is 0.375. The Morgan fingerprint density at radius 3 is 2.80 bits per heavy atom. The predicted molar refractivity (Wildman–Crippen MR) is 79.7 cm³/mol. The zero-order valence-corrected chi connectivity index (χ0v) is 11.9. The van der Waals surface area contributed by atoms with Gasteiger partial charge in [0.05, 0.1) is 6.61 Å². The van der Waals surface area contributed by atoms with Gasteiger partial charge in [0.2, 0.25) is 0 Å². The van der Waals surface area contributed by atoms with Crippen LogP contribution in [-0.2, 0) is 11.3 Å². The summed E-state index contributed by atoms with van der Waals surface area (Å²) in [6.45, 7) is 0.606. The van der Waals surface area contributed by atoms with E-state index in [1.54, 1.807) is 7.11 Å². The van der Waals surface area contributed by atoms with Crippen LogP contribution in [0.3, 0.4) is 0 Å². The van der Waals surface area contributed by atoms with Crippen molar-refractivity contribution in [2.24, 2.45) is 0 Å². The predicted octanol–water partition coefficient (Wildman–Crippen LogP) is 3.21. The molecule has 0 unspecified atom stereocenters. The average Bonchev–Trinajstić information content (AvgIpc) is 3.32. The fourth-order valence-corrected chi connectivity index (χ4v) is 2.28. The lowest BCUT2D eigenvalue weighted by Gasteiger charge is -2.08. The molecule has 0 spiro atoms. The summed E-state index contributed by atoms with van der Waals surface area (Å²) in [6.07, 6.45) is 2.48. The molecule has 1 aromatic heterocycles. The highest BCUT2D eigenvalue weighted by atomic mass is 16.5. The van der Waals surface area contributed by atoms with Crippen molar-refractivity contribution < 1.29 is 4.74 Å². The van der Waals surface area contributed by atoms with E-state index in [1.165, 1.54) is 12.8 Å². The molecule has 2 aromatic rings. The molecule has 4 nitrogen and oxygen atoms in total. The molecule has 20 heavy (non-hydrogen) atoms. The van der Waals surface area contributed by atoms with E-state index >= 15 is 0 Å². The molecule has 0 amide bonds. The van der Waals surface area contributed by atoms with Crippen LogP contribution in [-0.4, -0.2) is 24.1 Å². The van der Waals surface area contributed by atoms with Gasteiger partial charge in [0.15, 0.2) is 5.82 Å². The van der Waals surface area contributed by atoms with E-state index < -0.39 is 0 Å². The summed E-state index contributed by atoms with van der Waals surface area (Å²) >= 11 is 0. The van der Waals surface area contributed by atoms with Gasteiger partial charge in [-0.2, -0.15) is 0 Å². The minimum absolute atomic E-state index is 0.606. The van der Waals surface area contributed by atoms with E-state index in [2.05, 4.69) is 28.5 Å². The van der Waals surface area contributed by atoms with Crippen LogP contribution in [0.4, 0.5) is 5.82 Å². The summed E-state index contributed by atoms with van der Waals surface area (Å²) in [4.78, 5) is 9.29. The highest BCUT2D eigenvalue weighted by Crippen LogP contribution is 2.40. The summed E-state index contributed by atoms with van der Waals surface area (Å²) in [5.41, 5.74) is 3.33. The minimum atomic E-state index is 0.606. The minimum Gasteiger partial charge on any atom is -0.380 e. The Balaban J connectivity index is 1.99. The number of ether oxygens (including phenoxy) is 1. The maximum Gasteiger partial charge on any atom is 0.161 e. The van der Waals surface area contributed by atoms with Gasteiger partial charge in [-0.3, -0.25) is 0 Å². The van der Waals surface area contributed by atoms with Gasteiger partial charge in [0.1, 0.15) is 5.82 Å². The van der Waals surface area contributed by atoms with Gasteiger partial charge < -0.3 is 10.1 Å². The molecule has 1 N–H and O–H groups in total. The summed E-state index contributed by atoms with van der Waals surface area (Å²) in [6, 6.07) is 10.3. The second-order valence-electron chi connectivity index (χ2n) is 5.16. The van der Waals surface area contributed by atoms with Crippen molar-refractivity contribution in [3.05, 3.63) is 41.6 Å². The standard InChI is InChI=1S/C16H19N3O/c1-17-15-9-14(12-6-7-12)18-16(19-15)13-5-3-4-11(8-13)10-20-2/h3-5,8-9,12H,6-7,10H2,1-2H3,(H,17,18,19). The highest BCUT2D eigenvalue weighted by molar-refractivity contribution is 5.59. The van der Waals surface area contributed by atoms with Crippen LogP contribution in [0.5, 0.6) is 0 Å². The van der Waals surface area contributed by atoms with Crippen molar-refractivity contribution in [3.8, 4) is 11.4 Å². The molecule has 1 saturated carbocycles. The molecule has 1 aliphatic carbocycles. The molecule has 1 aromatic carbocycles. The lowest BCUT2D eigenvalue weighted by Crippen LogP contribution is -2.00. The van der Waals surface area contributed by atoms with E-state index in [1.807, 2.05) is 19.2 Å². The zero-order valence-electron chi connectivity index (χ0n) is 11.9. The lowest BCUT2D eigenvalue weighted by molar-refractivity contribution is 0.185. The maximum absolute atomic E-state index is 5.18. The molecular formula is C16H19N3O. The van der Waals surface area contributed by atoms with E-state index in [9.17, 15) is 0 Å². The maximum atomic E-state index is 5.18. The van der Waals surface area contributed by atoms with E-state index in [0.717, 1.165) is 28.5 Å². The summed E-state index contributed by atoms with van der Waals surface area (Å²) in [5, 5.41) is 3.12. The van der Waals surface area contributed by atoms with Crippen molar-refractivity contribution in [3.63, 3.8) is 0 Å². The van der Waals surface area contributed by atoms with Crippen molar-refractivity contribution in [1.82, 2.24) is 9.97 Å². The number of methoxy groups -OCH3 is 1. The SMILES string of the molecule is CNc1cc(C2CC2)nc(-c2cccc(COC)c2)n1. The van der Waals surface area contributed by atoms with Gasteiger partial charge in [0.25, 0.3) is 0 Å². The van der Waals surface area contributed by atoms with Gasteiger partial charge >= 0.3 is 0 Å². The molecule has 0 atom stereocenters. The molecule has 0 bridgehead atoms. The molecule has 1 fully saturated rings. The molecule has 1 aliphatic rings. The molecule has 104 valence electrons. The first-order chi connectivity index (χ1) is 9.80. The van der Waals surface area contributed by atoms with Crippen LogP contribution in [0.1, 0.15) is 30.0 Å². The van der Waals surface area contributed by atoms with E-state index in [0.29, 0.717) is 12.5 Å². The first-order valence-electron chi connectivity index (χ1n) is 6.95. The normalized spacial score (nSPS) is 14.3. The van der Waals surface area contributed by atoms with Gasteiger partial charge in [-0.25, -0.2) is 9.97 Å². The Labute approximate surface area is 119 Å². The van der Waals surface area contributed by atoms with Crippen LogP contribution in [0.2, 0.25) is 0 Å². The highest BCUT2D eigenvalue weighted by Gasteiger charge is 2.26. The monoisotopic (exact) mass is 269 g/mol. The Morgan fingerprint density at radius 2 is 2.10 bits per heavy atom. The number of aromatic nitrogens is 2. The van der Waals surface area contributed by atoms with Crippen LogP contribution in [0, 0.1) is 0 Å². The smallest absolute Gasteiger partial charge is 0.161 e. The van der Waals surface area contributed by atoms with Crippen LogP contribution in [0.15, 0.2) is 30.3 Å². The third-order valence-corrected chi connectivity index (χ3v) is 3.49. The van der Waals surface area contributed by atoms with Crippen molar-refractivity contribution in [2.75, 3.05) is 19.5 Å². The molecular weight excluding hydrogens is 250 g/mol. The topological polar surface area (TPSA) is 47.0 Å². The van der Waals surface area contributed by atoms with E-state index in [-0.39, 0.29) is 0 Å². The number of benzene rings is 1. The van der Waals surface area contributed by atoms with Gasteiger partial charge in [0, 0.05) is 37.4 Å². The third-order valence-electron chi connectivity index (χ3n) is 3.49. The number of nitrogens with zero attached hydrogens (tertiary/aromatic N) is 2. The molecule has 4 heteroatoms. The van der Waals surface area contributed by atoms with Crippen LogP contribution in [0.25, 0.3) is 11.4 Å². The summed E-state index contributed by atoms with van der Waals surface area (Å²) in [5.74, 6) is 2.29. The first-order valence-corrected chi connectivity index (χ1v) is 6.95. The number of rotatable bonds is 5. The van der Waals surface area contributed by atoms with Crippen molar-refractivity contribution in [2.45, 2.75) is 25.4 Å². The molecule has 0 radical (unpaired) electrons. The second-order valence-corrected chi connectivity index (χ2v) is 5.16. The molecule has 0 aliphatic heterocycles. The van der Waals surface area contributed by atoms with Gasteiger partial charge in [-0.15, -0.1) is 0 Å². The van der Waals surface area contributed by atoms with Gasteiger partial charge in [-0.1, -0.05) is 18.2 Å². The van der Waals surface area contributed by atoms with Crippen LogP contribution >= 0.6 is 0 Å². The molecule has 3 rings (SSSR count). The number of nitrogens with one attached hydrogen (secondary N) is 1. The van der Waals surface area contributed by atoms with Crippen molar-refractivity contribution in [1.29, 1.82) is 0 Å². The van der Waals surface area contributed by atoms with E-state index in [4.69, 9.17) is 9.72 Å². The third kappa shape index (κ3) is 2.80. The Kier molecular flexibility index (Phi) is 3.65. The summed E-state index contributed by atoms with van der Waals surface area (Å²) < 4.78 is 5.18. The van der Waals surface area contributed by atoms with Crippen molar-refractivity contribution >= 4 is 5.82 Å². The fourth-order valence-electron chi connectivity index (χ4n) is 2.28. The lowest BCUT2D eigenvalue weighted by atomic mass is 10.1. The summed E-state index contributed by atoms with van der Waals surface area (Å²) in [7, 11) is 3.60. The first kappa shape index (κ1) is 13.1. The number of hydrogen-bond acceptors (Lipinski definition) is 4. The average molecular weight is 269 g/mol. The molecule has 1 heterocycles. The second kappa shape index (κ2) is 5.59. The van der Waals surface area contributed by atoms with Crippen LogP contribution < -0.4 is 5.32 Å². The quantitative estimate of drug-likeness (QED) is 0.905. The van der Waals surface area contributed by atoms with Gasteiger partial charge in [-0.05, 0) is 24.5 Å². The zero-order chi connectivity index (χ0) is 13.9. The molecule has 0 saturated heterocycles. The number of anilines is 1. The Hall–Kier alpha value is -1.94. The largest absolute Gasteiger partial charge is 0.380 e.